The molecule has 0 spiro atoms. The average Bonchev–Trinajstić information content (AvgIpc) is 3.16. The molecule has 1 aliphatic heterocycles. The molecule has 1 aliphatic rings. The second-order valence-corrected chi connectivity index (χ2v) is 6.86. The molecule has 1 fully saturated rings. The van der Waals surface area contributed by atoms with E-state index in [2.05, 4.69) is 34.6 Å². The topological polar surface area (TPSA) is 65.5 Å². The molecule has 0 aliphatic carbocycles. The van der Waals surface area contributed by atoms with Gasteiger partial charge in [0.1, 0.15) is 0 Å². The van der Waals surface area contributed by atoms with Crippen LogP contribution in [0.4, 0.5) is 0 Å². The highest BCUT2D eigenvalue weighted by Gasteiger charge is 2.29. The molecule has 1 aromatic carbocycles. The van der Waals surface area contributed by atoms with Crippen LogP contribution in [0.25, 0.3) is 10.4 Å². The molecule has 6 heteroatoms. The molecule has 0 saturated carbocycles. The third-order valence-electron chi connectivity index (χ3n) is 4.16. The van der Waals surface area contributed by atoms with Crippen LogP contribution in [0.2, 0.25) is 0 Å². The summed E-state index contributed by atoms with van der Waals surface area (Å²) in [5.74, 6) is 0.0314. The molecular weight excluding hydrogens is 310 g/mol. The normalized spacial score (nSPS) is 20.7. The van der Waals surface area contributed by atoms with Crippen LogP contribution in [0, 0.1) is 6.92 Å². The van der Waals surface area contributed by atoms with E-state index in [4.69, 9.17) is 0 Å². The van der Waals surface area contributed by atoms with Gasteiger partial charge in [0, 0.05) is 20.1 Å². The summed E-state index contributed by atoms with van der Waals surface area (Å²) in [5.41, 5.74) is 5.14. The zero-order valence-corrected chi connectivity index (χ0v) is 14.1. The van der Waals surface area contributed by atoms with Crippen molar-refractivity contribution in [1.82, 2.24) is 15.2 Å². The number of carbonyl (C=O) groups is 1. The Bertz CT molecular complexity index is 683. The number of aliphatic hydroxyl groups excluding tert-OH is 1. The summed E-state index contributed by atoms with van der Waals surface area (Å²) in [5, 5.41) is 12.6. The smallest absolute Gasteiger partial charge is 0.239 e. The molecule has 2 heterocycles. The van der Waals surface area contributed by atoms with Gasteiger partial charge in [-0.1, -0.05) is 24.3 Å². The summed E-state index contributed by atoms with van der Waals surface area (Å²) < 4.78 is 0. The summed E-state index contributed by atoms with van der Waals surface area (Å²) in [6, 6.07) is 7.98. The van der Waals surface area contributed by atoms with Gasteiger partial charge in [0.15, 0.2) is 0 Å². The number of thiazole rings is 1. The Morgan fingerprint density at radius 1 is 1.43 bits per heavy atom. The lowest BCUT2D eigenvalue weighted by atomic mass is 10.1. The van der Waals surface area contributed by atoms with E-state index in [0.717, 1.165) is 16.8 Å². The molecule has 0 bridgehead atoms. The Kier molecular flexibility index (Phi) is 4.75. The third kappa shape index (κ3) is 3.60. The van der Waals surface area contributed by atoms with Gasteiger partial charge in [-0.2, -0.15) is 0 Å². The number of carbonyl (C=O) groups excluding carboxylic acids is 1. The van der Waals surface area contributed by atoms with Crippen LogP contribution in [0.5, 0.6) is 0 Å². The van der Waals surface area contributed by atoms with Crippen LogP contribution in [0.3, 0.4) is 0 Å². The standard InChI is InChI=1S/C17H21N3O2S/c1-11-16(23-10-19-11)13-5-3-12(4-6-13)9-20(2)17(22)15-7-14(21)8-18-15/h3-6,10,14-15,18,21H,7-9H2,1-2H3/t14-,15+/m1/s1. The first-order valence-corrected chi connectivity index (χ1v) is 8.58. The van der Waals surface area contributed by atoms with Gasteiger partial charge in [0.05, 0.1) is 28.2 Å². The lowest BCUT2D eigenvalue weighted by Crippen LogP contribution is -2.41. The summed E-state index contributed by atoms with van der Waals surface area (Å²) in [6.07, 6.45) is 0.0755. The summed E-state index contributed by atoms with van der Waals surface area (Å²) in [4.78, 5) is 19.5. The van der Waals surface area contributed by atoms with E-state index in [1.54, 1.807) is 23.3 Å². The lowest BCUT2D eigenvalue weighted by molar-refractivity contribution is -0.132. The van der Waals surface area contributed by atoms with Crippen molar-refractivity contribution in [2.75, 3.05) is 13.6 Å². The van der Waals surface area contributed by atoms with Crippen LogP contribution in [-0.2, 0) is 11.3 Å². The van der Waals surface area contributed by atoms with Gasteiger partial charge in [0.2, 0.25) is 5.91 Å². The van der Waals surface area contributed by atoms with E-state index in [-0.39, 0.29) is 11.9 Å². The molecule has 122 valence electrons. The van der Waals surface area contributed by atoms with Gasteiger partial charge < -0.3 is 15.3 Å². The molecule has 0 unspecified atom stereocenters. The van der Waals surface area contributed by atoms with Crippen molar-refractivity contribution in [3.05, 3.63) is 41.0 Å². The molecular formula is C17H21N3O2S. The number of amides is 1. The highest BCUT2D eigenvalue weighted by Crippen LogP contribution is 2.27. The number of β-amino-alcohol motifs (C(OH)–C–C–N with tert-alkyl or cyclic N) is 1. The highest BCUT2D eigenvalue weighted by atomic mass is 32.1. The number of nitrogens with zero attached hydrogens (tertiary/aromatic N) is 2. The van der Waals surface area contributed by atoms with E-state index < -0.39 is 6.10 Å². The monoisotopic (exact) mass is 331 g/mol. The first-order chi connectivity index (χ1) is 11.0. The van der Waals surface area contributed by atoms with Gasteiger partial charge in [-0.15, -0.1) is 11.3 Å². The molecule has 23 heavy (non-hydrogen) atoms. The number of benzene rings is 1. The van der Waals surface area contributed by atoms with Gasteiger partial charge >= 0.3 is 0 Å². The number of hydrogen-bond donors (Lipinski definition) is 2. The predicted molar refractivity (Wildman–Crippen MR) is 91.2 cm³/mol. The number of aryl methyl sites for hydroxylation is 1. The van der Waals surface area contributed by atoms with E-state index in [9.17, 15) is 9.90 Å². The van der Waals surface area contributed by atoms with Crippen LogP contribution >= 0.6 is 11.3 Å². The van der Waals surface area contributed by atoms with Crippen molar-refractivity contribution in [3.8, 4) is 10.4 Å². The van der Waals surface area contributed by atoms with Gasteiger partial charge in [-0.25, -0.2) is 4.98 Å². The minimum absolute atomic E-state index is 0.0314. The average molecular weight is 331 g/mol. The van der Waals surface area contributed by atoms with Crippen molar-refractivity contribution in [2.24, 2.45) is 0 Å². The molecule has 5 nitrogen and oxygen atoms in total. The fourth-order valence-electron chi connectivity index (χ4n) is 2.86. The zero-order valence-electron chi connectivity index (χ0n) is 13.3. The van der Waals surface area contributed by atoms with Crippen molar-refractivity contribution >= 4 is 17.2 Å². The summed E-state index contributed by atoms with van der Waals surface area (Å²) >= 11 is 1.64. The van der Waals surface area contributed by atoms with Crippen molar-refractivity contribution in [3.63, 3.8) is 0 Å². The Labute approximate surface area is 140 Å². The summed E-state index contributed by atoms with van der Waals surface area (Å²) in [6.45, 7) is 3.07. The van der Waals surface area contributed by atoms with E-state index in [1.165, 1.54) is 4.88 Å². The first-order valence-electron chi connectivity index (χ1n) is 7.70. The molecule has 2 atom stereocenters. The summed E-state index contributed by atoms with van der Waals surface area (Å²) in [7, 11) is 1.80. The van der Waals surface area contributed by atoms with Crippen molar-refractivity contribution in [2.45, 2.75) is 32.0 Å². The Morgan fingerprint density at radius 3 is 2.74 bits per heavy atom. The second-order valence-electron chi connectivity index (χ2n) is 6.01. The molecule has 1 amide bonds. The lowest BCUT2D eigenvalue weighted by Gasteiger charge is -2.21. The number of aliphatic hydroxyl groups is 1. The number of hydrogen-bond acceptors (Lipinski definition) is 5. The SMILES string of the molecule is Cc1ncsc1-c1ccc(CN(C)C(=O)[C@@H]2C[C@@H](O)CN2)cc1. The van der Waals surface area contributed by atoms with Crippen LogP contribution < -0.4 is 5.32 Å². The number of likely N-dealkylation sites (N-methyl/N-ethyl adjacent to an activating group) is 1. The Balaban J connectivity index is 1.64. The first kappa shape index (κ1) is 16.1. The second kappa shape index (κ2) is 6.78. The molecule has 2 N–H and O–H groups in total. The van der Waals surface area contributed by atoms with Crippen LogP contribution in [0.15, 0.2) is 29.8 Å². The maximum absolute atomic E-state index is 12.3. The quantitative estimate of drug-likeness (QED) is 0.897. The zero-order chi connectivity index (χ0) is 16.4. The van der Waals surface area contributed by atoms with Gasteiger partial charge in [-0.05, 0) is 24.5 Å². The van der Waals surface area contributed by atoms with Gasteiger partial charge in [0.25, 0.3) is 0 Å². The Morgan fingerprint density at radius 2 is 2.17 bits per heavy atom. The molecule has 1 saturated heterocycles. The Hall–Kier alpha value is -1.76. The minimum atomic E-state index is -0.417. The van der Waals surface area contributed by atoms with E-state index >= 15 is 0 Å². The van der Waals surface area contributed by atoms with Crippen molar-refractivity contribution in [1.29, 1.82) is 0 Å². The maximum atomic E-state index is 12.3. The van der Waals surface area contributed by atoms with Gasteiger partial charge in [-0.3, -0.25) is 4.79 Å². The largest absolute Gasteiger partial charge is 0.392 e. The number of aromatic nitrogens is 1. The predicted octanol–water partition coefficient (Wildman–Crippen LogP) is 1.80. The van der Waals surface area contributed by atoms with Crippen LogP contribution in [-0.4, -0.2) is 46.6 Å². The third-order valence-corrected chi connectivity index (χ3v) is 5.14. The molecule has 1 aromatic heterocycles. The number of rotatable bonds is 4. The fraction of sp³-hybridized carbons (Fsp3) is 0.412. The molecule has 2 aromatic rings. The number of nitrogens with one attached hydrogen (secondary N) is 1. The fourth-order valence-corrected chi connectivity index (χ4v) is 3.68. The highest BCUT2D eigenvalue weighted by molar-refractivity contribution is 7.13. The molecule has 3 rings (SSSR count). The van der Waals surface area contributed by atoms with E-state index in [1.807, 2.05) is 12.4 Å². The minimum Gasteiger partial charge on any atom is -0.392 e. The van der Waals surface area contributed by atoms with E-state index in [0.29, 0.717) is 19.5 Å². The maximum Gasteiger partial charge on any atom is 0.239 e. The van der Waals surface area contributed by atoms with Crippen molar-refractivity contribution < 1.29 is 9.90 Å². The van der Waals surface area contributed by atoms with Crippen LogP contribution in [0.1, 0.15) is 17.7 Å². The molecule has 0 radical (unpaired) electrons.